The van der Waals surface area contributed by atoms with Gasteiger partial charge in [0.1, 0.15) is 0 Å². The highest BCUT2D eigenvalue weighted by Gasteiger charge is 2.25. The maximum absolute atomic E-state index is 13.4. The van der Waals surface area contributed by atoms with Gasteiger partial charge in [-0.3, -0.25) is 9.69 Å². The van der Waals surface area contributed by atoms with Gasteiger partial charge in [0.2, 0.25) is 0 Å². The average Bonchev–Trinajstić information content (AvgIpc) is 3.40. The summed E-state index contributed by atoms with van der Waals surface area (Å²) in [7, 11) is 3.93. The topological polar surface area (TPSA) is 62.5 Å². The fourth-order valence-electron chi connectivity index (χ4n) is 3.04. The van der Waals surface area contributed by atoms with E-state index in [0.717, 1.165) is 21.3 Å². The summed E-state index contributed by atoms with van der Waals surface area (Å²) >= 11 is 7.78. The Hall–Kier alpha value is -2.74. The molecule has 0 aliphatic heterocycles. The minimum Gasteiger partial charge on any atom is -0.355 e. The fraction of sp³-hybridized carbons (Fsp3) is 0.227. The third-order valence-electron chi connectivity index (χ3n) is 4.72. The van der Waals surface area contributed by atoms with Gasteiger partial charge in [-0.25, -0.2) is 4.98 Å². The standard InChI is InChI=1S/C22H21ClN4O2S/c1-14-9-10-16(23)20-19(14)24-22(30-20)27(12-11-26(2)3)21(28)17-13-18(29-25-17)15-7-5-4-6-8-15/h4-10,13H,11-12H2,1-3H3. The molecular weight excluding hydrogens is 420 g/mol. The highest BCUT2D eigenvalue weighted by atomic mass is 35.5. The van der Waals surface area contributed by atoms with Gasteiger partial charge in [-0.05, 0) is 32.6 Å². The lowest BCUT2D eigenvalue weighted by atomic mass is 10.1. The van der Waals surface area contributed by atoms with Crippen molar-refractivity contribution in [1.29, 1.82) is 0 Å². The van der Waals surface area contributed by atoms with Crippen molar-refractivity contribution in [3.63, 3.8) is 0 Å². The van der Waals surface area contributed by atoms with Crippen LogP contribution < -0.4 is 4.90 Å². The first kappa shape index (κ1) is 20.5. The van der Waals surface area contributed by atoms with E-state index in [1.807, 2.05) is 68.4 Å². The Morgan fingerprint density at radius 3 is 2.60 bits per heavy atom. The van der Waals surface area contributed by atoms with Crippen LogP contribution in [0.25, 0.3) is 21.5 Å². The molecule has 2 aromatic carbocycles. The summed E-state index contributed by atoms with van der Waals surface area (Å²) < 4.78 is 6.31. The van der Waals surface area contributed by atoms with Crippen molar-refractivity contribution in [2.45, 2.75) is 6.92 Å². The minimum atomic E-state index is -0.254. The van der Waals surface area contributed by atoms with Crippen LogP contribution in [0.15, 0.2) is 53.1 Å². The van der Waals surface area contributed by atoms with E-state index >= 15 is 0 Å². The first-order chi connectivity index (χ1) is 14.4. The Labute approximate surface area is 183 Å². The third kappa shape index (κ3) is 4.09. The number of amides is 1. The summed E-state index contributed by atoms with van der Waals surface area (Å²) in [6, 6.07) is 15.0. The van der Waals surface area contributed by atoms with Gasteiger partial charge < -0.3 is 9.42 Å². The Balaban J connectivity index is 1.71. The van der Waals surface area contributed by atoms with Crippen LogP contribution in [-0.2, 0) is 0 Å². The van der Waals surface area contributed by atoms with E-state index in [4.69, 9.17) is 21.1 Å². The zero-order chi connectivity index (χ0) is 21.3. The molecule has 30 heavy (non-hydrogen) atoms. The van der Waals surface area contributed by atoms with Crippen molar-refractivity contribution in [2.75, 3.05) is 32.1 Å². The summed E-state index contributed by atoms with van der Waals surface area (Å²) in [5.74, 6) is 0.297. The molecule has 0 radical (unpaired) electrons. The predicted molar refractivity (Wildman–Crippen MR) is 122 cm³/mol. The fourth-order valence-corrected chi connectivity index (χ4v) is 4.38. The summed E-state index contributed by atoms with van der Waals surface area (Å²) in [5, 5.41) is 5.25. The molecule has 2 heterocycles. The van der Waals surface area contributed by atoms with Crippen LogP contribution in [0.2, 0.25) is 5.02 Å². The highest BCUT2D eigenvalue weighted by molar-refractivity contribution is 7.23. The number of carbonyl (C=O) groups is 1. The number of aryl methyl sites for hydroxylation is 1. The van der Waals surface area contributed by atoms with E-state index in [1.165, 1.54) is 11.3 Å². The van der Waals surface area contributed by atoms with Crippen LogP contribution in [0, 0.1) is 6.92 Å². The van der Waals surface area contributed by atoms with Crippen LogP contribution in [0.3, 0.4) is 0 Å². The van der Waals surface area contributed by atoms with E-state index < -0.39 is 0 Å². The molecule has 0 aliphatic rings. The quantitative estimate of drug-likeness (QED) is 0.416. The van der Waals surface area contributed by atoms with Crippen molar-refractivity contribution >= 4 is 44.2 Å². The lowest BCUT2D eigenvalue weighted by Crippen LogP contribution is -2.36. The second-order valence-corrected chi connectivity index (χ2v) is 8.63. The molecule has 2 aromatic heterocycles. The molecule has 154 valence electrons. The lowest BCUT2D eigenvalue weighted by molar-refractivity contribution is 0.0976. The van der Waals surface area contributed by atoms with Gasteiger partial charge >= 0.3 is 0 Å². The van der Waals surface area contributed by atoms with E-state index in [0.29, 0.717) is 29.0 Å². The number of hydrogen-bond donors (Lipinski definition) is 0. The molecule has 1 amide bonds. The number of hydrogen-bond acceptors (Lipinski definition) is 6. The second-order valence-electron chi connectivity index (χ2n) is 7.24. The molecule has 8 heteroatoms. The monoisotopic (exact) mass is 440 g/mol. The van der Waals surface area contributed by atoms with Crippen LogP contribution in [0.1, 0.15) is 16.1 Å². The van der Waals surface area contributed by atoms with E-state index in [1.54, 1.807) is 11.0 Å². The van der Waals surface area contributed by atoms with Gasteiger partial charge in [0, 0.05) is 24.7 Å². The van der Waals surface area contributed by atoms with Crippen LogP contribution in [0.4, 0.5) is 5.13 Å². The number of nitrogens with zero attached hydrogens (tertiary/aromatic N) is 4. The first-order valence-electron chi connectivity index (χ1n) is 9.48. The van der Waals surface area contributed by atoms with Gasteiger partial charge in [0.15, 0.2) is 16.6 Å². The number of fused-ring (bicyclic) bond motifs is 1. The first-order valence-corrected chi connectivity index (χ1v) is 10.7. The van der Waals surface area contributed by atoms with E-state index in [9.17, 15) is 4.79 Å². The number of aromatic nitrogens is 2. The smallest absolute Gasteiger partial charge is 0.282 e. The number of anilines is 1. The Morgan fingerprint density at radius 1 is 1.13 bits per heavy atom. The molecule has 6 nitrogen and oxygen atoms in total. The Bertz CT molecular complexity index is 1150. The van der Waals surface area contributed by atoms with Crippen LogP contribution in [-0.4, -0.2) is 48.1 Å². The molecular formula is C22H21ClN4O2S. The molecule has 4 rings (SSSR count). The van der Waals surface area contributed by atoms with Gasteiger partial charge in [0.05, 0.1) is 15.2 Å². The summed E-state index contributed by atoms with van der Waals surface area (Å²) in [6.07, 6.45) is 0. The molecule has 0 saturated heterocycles. The number of benzene rings is 2. The SMILES string of the molecule is Cc1ccc(Cl)c2sc(N(CCN(C)C)C(=O)c3cc(-c4ccccc4)on3)nc12. The summed E-state index contributed by atoms with van der Waals surface area (Å²) in [6.45, 7) is 3.13. The van der Waals surface area contributed by atoms with Gasteiger partial charge in [-0.1, -0.05) is 64.5 Å². The molecule has 0 N–H and O–H groups in total. The van der Waals surface area contributed by atoms with Crippen molar-refractivity contribution in [3.05, 3.63) is 64.8 Å². The normalized spacial score (nSPS) is 11.4. The number of likely N-dealkylation sites (N-methyl/N-ethyl adjacent to an activating group) is 1. The number of thiazole rings is 1. The van der Waals surface area contributed by atoms with Crippen molar-refractivity contribution in [2.24, 2.45) is 0 Å². The molecule has 0 fully saturated rings. The van der Waals surface area contributed by atoms with Crippen molar-refractivity contribution < 1.29 is 9.32 Å². The zero-order valence-electron chi connectivity index (χ0n) is 16.9. The molecule has 0 aliphatic carbocycles. The maximum atomic E-state index is 13.4. The van der Waals surface area contributed by atoms with E-state index in [2.05, 4.69) is 5.16 Å². The molecule has 0 saturated carbocycles. The predicted octanol–water partition coefficient (Wildman–Crippen LogP) is 5.12. The van der Waals surface area contributed by atoms with Gasteiger partial charge in [-0.15, -0.1) is 0 Å². The Kier molecular flexibility index (Phi) is 5.85. The molecule has 0 unspecified atom stereocenters. The Morgan fingerprint density at radius 2 is 1.90 bits per heavy atom. The zero-order valence-corrected chi connectivity index (χ0v) is 18.5. The number of carbonyl (C=O) groups excluding carboxylic acids is 1. The van der Waals surface area contributed by atoms with Crippen molar-refractivity contribution in [3.8, 4) is 11.3 Å². The molecule has 4 aromatic rings. The van der Waals surface area contributed by atoms with Gasteiger partial charge in [-0.2, -0.15) is 0 Å². The van der Waals surface area contributed by atoms with Crippen LogP contribution in [0.5, 0.6) is 0 Å². The average molecular weight is 441 g/mol. The molecule has 0 atom stereocenters. The summed E-state index contributed by atoms with van der Waals surface area (Å²) in [4.78, 5) is 21.8. The van der Waals surface area contributed by atoms with Crippen LogP contribution >= 0.6 is 22.9 Å². The third-order valence-corrected chi connectivity index (χ3v) is 6.26. The second kappa shape index (κ2) is 8.55. The van der Waals surface area contributed by atoms with E-state index in [-0.39, 0.29) is 11.6 Å². The van der Waals surface area contributed by atoms with Gasteiger partial charge in [0.25, 0.3) is 5.91 Å². The highest BCUT2D eigenvalue weighted by Crippen LogP contribution is 2.36. The molecule has 0 bridgehead atoms. The minimum absolute atomic E-state index is 0.245. The number of halogens is 1. The lowest BCUT2D eigenvalue weighted by Gasteiger charge is -2.20. The summed E-state index contributed by atoms with van der Waals surface area (Å²) in [5.41, 5.74) is 2.95. The van der Waals surface area contributed by atoms with Crippen molar-refractivity contribution in [1.82, 2.24) is 15.0 Å². The maximum Gasteiger partial charge on any atom is 0.282 e. The number of rotatable bonds is 6. The largest absolute Gasteiger partial charge is 0.355 e. The molecule has 0 spiro atoms.